The molecule has 3 heterocycles. The van der Waals surface area contributed by atoms with Crippen LogP contribution < -0.4 is 15.4 Å². The average Bonchev–Trinajstić information content (AvgIpc) is 2.90. The van der Waals surface area contributed by atoms with Gasteiger partial charge in [-0.1, -0.05) is 32.9 Å². The molecule has 1 saturated carbocycles. The van der Waals surface area contributed by atoms with Gasteiger partial charge in [-0.15, -0.1) is 0 Å². The molecule has 2 aliphatic rings. The van der Waals surface area contributed by atoms with E-state index in [1.54, 1.807) is 12.1 Å². The van der Waals surface area contributed by atoms with Gasteiger partial charge >= 0.3 is 0 Å². The number of ether oxygens (including phenoxy) is 1. The summed E-state index contributed by atoms with van der Waals surface area (Å²) >= 11 is 0. The summed E-state index contributed by atoms with van der Waals surface area (Å²) in [5.41, 5.74) is 2.30. The summed E-state index contributed by atoms with van der Waals surface area (Å²) in [6.07, 6.45) is 7.03. The van der Waals surface area contributed by atoms with Crippen LogP contribution in [0.15, 0.2) is 54.9 Å². The molecule has 3 aromatic rings. The molecule has 41 heavy (non-hydrogen) atoms. The van der Waals surface area contributed by atoms with Crippen molar-refractivity contribution < 1.29 is 23.4 Å². The summed E-state index contributed by atoms with van der Waals surface area (Å²) in [6.45, 7) is 6.71. The van der Waals surface area contributed by atoms with Gasteiger partial charge in [-0.3, -0.25) is 4.79 Å². The first-order valence-corrected chi connectivity index (χ1v) is 14.3. The zero-order chi connectivity index (χ0) is 29.2. The Morgan fingerprint density at radius 3 is 2.56 bits per heavy atom. The average molecular weight is 565 g/mol. The normalized spacial score (nSPS) is 19.0. The fourth-order valence-electron chi connectivity index (χ4n) is 5.70. The minimum absolute atomic E-state index is 0.0959. The molecule has 0 radical (unpaired) electrons. The summed E-state index contributed by atoms with van der Waals surface area (Å²) in [5.74, 6) is -1.23. The van der Waals surface area contributed by atoms with Crippen LogP contribution in [0, 0.1) is 17.0 Å². The number of benzene rings is 1. The zero-order valence-corrected chi connectivity index (χ0v) is 23.8. The van der Waals surface area contributed by atoms with E-state index >= 15 is 0 Å². The molecule has 1 spiro atoms. The Morgan fingerprint density at radius 2 is 1.90 bits per heavy atom. The Balaban J connectivity index is 1.35. The Kier molecular flexibility index (Phi) is 8.38. The Bertz CT molecular complexity index is 1370. The second-order valence-electron chi connectivity index (χ2n) is 12.6. The van der Waals surface area contributed by atoms with Crippen LogP contribution >= 0.6 is 0 Å². The number of amides is 1. The fourth-order valence-corrected chi connectivity index (χ4v) is 5.70. The van der Waals surface area contributed by atoms with Crippen LogP contribution in [0.3, 0.4) is 0 Å². The number of nitrogens with zero attached hydrogens (tertiary/aromatic N) is 2. The third kappa shape index (κ3) is 7.08. The van der Waals surface area contributed by atoms with E-state index in [1.807, 2.05) is 6.20 Å². The first-order chi connectivity index (χ1) is 19.5. The van der Waals surface area contributed by atoms with Gasteiger partial charge in [0.05, 0.1) is 12.1 Å². The highest BCUT2D eigenvalue weighted by Crippen LogP contribution is 2.48. The molecule has 9 heteroatoms. The van der Waals surface area contributed by atoms with Gasteiger partial charge in [0.2, 0.25) is 5.88 Å². The van der Waals surface area contributed by atoms with E-state index in [0.29, 0.717) is 5.88 Å². The van der Waals surface area contributed by atoms with E-state index in [2.05, 4.69) is 47.4 Å². The smallest absolute Gasteiger partial charge is 0.273 e. The second-order valence-corrected chi connectivity index (χ2v) is 12.6. The first kappa shape index (κ1) is 29.1. The van der Waals surface area contributed by atoms with Gasteiger partial charge in [0.25, 0.3) is 5.91 Å². The van der Waals surface area contributed by atoms with Crippen LogP contribution in [0.4, 0.5) is 8.78 Å². The number of aromatic nitrogens is 2. The molecule has 2 aromatic heterocycles. The van der Waals surface area contributed by atoms with E-state index in [1.165, 1.54) is 24.4 Å². The molecule has 0 bridgehead atoms. The van der Waals surface area contributed by atoms with Crippen molar-refractivity contribution in [1.29, 1.82) is 0 Å². The largest absolute Gasteiger partial charge is 0.471 e. The molecule has 0 saturated heterocycles. The molecule has 1 aromatic carbocycles. The lowest BCUT2D eigenvalue weighted by Gasteiger charge is -2.47. The van der Waals surface area contributed by atoms with Gasteiger partial charge in [-0.2, -0.15) is 0 Å². The lowest BCUT2D eigenvalue weighted by atomic mass is 9.73. The lowest BCUT2D eigenvalue weighted by molar-refractivity contribution is -0.0421. The van der Waals surface area contributed by atoms with Gasteiger partial charge in [-0.05, 0) is 79.0 Å². The standard InChI is InChI=1S/C32H38F2N4O3/c1-31(2,3)16-21-14-23-26(17-32(11-5-12-32)41-30(23)37-18-21)36-19-27(39)25(15-20-7-9-22(33)10-8-20)38-29(40)28-24(34)6-4-13-35-28/h4,6-10,13-14,18,25-27,36,39H,5,11-12,15-17,19H2,1-3H3,(H,38,40)/t25-,26-,27-/m0/s1. The molecular formula is C32H38F2N4O3. The van der Waals surface area contributed by atoms with E-state index in [4.69, 9.17) is 4.74 Å². The number of rotatable bonds is 9. The zero-order valence-electron chi connectivity index (χ0n) is 23.8. The minimum Gasteiger partial charge on any atom is -0.471 e. The van der Waals surface area contributed by atoms with E-state index in [0.717, 1.165) is 54.9 Å². The topological polar surface area (TPSA) is 96.4 Å². The molecule has 218 valence electrons. The third-order valence-corrected chi connectivity index (χ3v) is 7.90. The second kappa shape index (κ2) is 11.8. The highest BCUT2D eigenvalue weighted by atomic mass is 19.1. The molecule has 3 atom stereocenters. The van der Waals surface area contributed by atoms with Crippen LogP contribution in [0.2, 0.25) is 0 Å². The Morgan fingerprint density at radius 1 is 1.15 bits per heavy atom. The predicted molar refractivity (Wildman–Crippen MR) is 152 cm³/mol. The maximum Gasteiger partial charge on any atom is 0.273 e. The predicted octanol–water partition coefficient (Wildman–Crippen LogP) is 5.08. The number of nitrogens with one attached hydrogen (secondary N) is 2. The van der Waals surface area contributed by atoms with Crippen molar-refractivity contribution in [3.63, 3.8) is 0 Å². The molecule has 1 aliphatic carbocycles. The van der Waals surface area contributed by atoms with Gasteiger partial charge in [0, 0.05) is 37.0 Å². The highest BCUT2D eigenvalue weighted by Gasteiger charge is 2.46. The summed E-state index contributed by atoms with van der Waals surface area (Å²) in [4.78, 5) is 21.5. The van der Waals surface area contributed by atoms with E-state index < -0.39 is 23.9 Å². The molecule has 1 aliphatic heterocycles. The Labute approximate surface area is 239 Å². The number of halogens is 2. The number of aliphatic hydroxyl groups is 1. The van der Waals surface area contributed by atoms with E-state index in [-0.39, 0.29) is 41.5 Å². The molecule has 3 N–H and O–H groups in total. The summed E-state index contributed by atoms with van der Waals surface area (Å²) < 4.78 is 34.2. The van der Waals surface area contributed by atoms with Crippen molar-refractivity contribution in [3.05, 3.63) is 88.9 Å². The van der Waals surface area contributed by atoms with Crippen molar-refractivity contribution >= 4 is 5.91 Å². The minimum atomic E-state index is -1.04. The van der Waals surface area contributed by atoms with Crippen molar-refractivity contribution in [2.45, 2.75) is 83.1 Å². The van der Waals surface area contributed by atoms with Gasteiger partial charge in [-0.25, -0.2) is 18.7 Å². The van der Waals surface area contributed by atoms with Gasteiger partial charge < -0.3 is 20.5 Å². The number of hydrogen-bond donors (Lipinski definition) is 3. The monoisotopic (exact) mass is 564 g/mol. The number of fused-ring (bicyclic) bond motifs is 1. The lowest BCUT2D eigenvalue weighted by Crippen LogP contribution is -2.52. The van der Waals surface area contributed by atoms with Crippen LogP contribution in [-0.4, -0.2) is 45.3 Å². The highest BCUT2D eigenvalue weighted by molar-refractivity contribution is 5.92. The first-order valence-electron chi connectivity index (χ1n) is 14.3. The number of pyridine rings is 2. The molecule has 0 unspecified atom stereocenters. The Hall–Kier alpha value is -3.43. The number of hydrogen-bond acceptors (Lipinski definition) is 6. The van der Waals surface area contributed by atoms with Crippen LogP contribution in [0.1, 0.15) is 79.7 Å². The number of carbonyl (C=O) groups is 1. The maximum absolute atomic E-state index is 14.3. The molecule has 1 amide bonds. The fraction of sp³-hybridized carbons (Fsp3) is 0.469. The number of aliphatic hydroxyl groups excluding tert-OH is 1. The molecule has 7 nitrogen and oxygen atoms in total. The van der Waals surface area contributed by atoms with Crippen molar-refractivity contribution in [1.82, 2.24) is 20.6 Å². The van der Waals surface area contributed by atoms with Crippen molar-refractivity contribution in [2.24, 2.45) is 5.41 Å². The van der Waals surface area contributed by atoms with Crippen molar-refractivity contribution in [3.8, 4) is 5.88 Å². The van der Waals surface area contributed by atoms with Crippen LogP contribution in [0.25, 0.3) is 0 Å². The summed E-state index contributed by atoms with van der Waals surface area (Å²) in [6, 6.07) is 9.69. The van der Waals surface area contributed by atoms with Crippen LogP contribution in [0.5, 0.6) is 5.88 Å². The van der Waals surface area contributed by atoms with Gasteiger partial charge in [0.1, 0.15) is 11.4 Å². The van der Waals surface area contributed by atoms with Crippen LogP contribution in [-0.2, 0) is 12.8 Å². The third-order valence-electron chi connectivity index (χ3n) is 7.90. The molecule has 1 fully saturated rings. The summed E-state index contributed by atoms with van der Waals surface area (Å²) in [7, 11) is 0. The summed E-state index contributed by atoms with van der Waals surface area (Å²) in [5, 5.41) is 17.6. The SMILES string of the molecule is CC(C)(C)Cc1cnc2c(c1)[C@@H](NC[C@H](O)[C@H](Cc1ccc(F)cc1)NC(=O)c1ncccc1F)CC1(CCC1)O2. The molecule has 5 rings (SSSR count). The molecular weight excluding hydrogens is 526 g/mol. The van der Waals surface area contributed by atoms with Gasteiger partial charge in [0.15, 0.2) is 11.5 Å². The van der Waals surface area contributed by atoms with E-state index in [9.17, 15) is 18.7 Å². The number of carbonyl (C=O) groups excluding carboxylic acids is 1. The maximum atomic E-state index is 14.3. The van der Waals surface area contributed by atoms with Crippen molar-refractivity contribution in [2.75, 3.05) is 6.54 Å². The quantitative estimate of drug-likeness (QED) is 0.336.